The third-order valence-corrected chi connectivity index (χ3v) is 1.22. The van der Waals surface area contributed by atoms with Crippen molar-refractivity contribution in [3.05, 3.63) is 24.0 Å². The number of hydrogen-bond acceptors (Lipinski definition) is 3. The molecular weight excluding hydrogens is 144 g/mol. The van der Waals surface area contributed by atoms with Gasteiger partial charge in [0.1, 0.15) is 5.75 Å². The minimum absolute atomic E-state index is 0.162. The maximum absolute atomic E-state index is 10.7. The predicted octanol–water partition coefficient (Wildman–Crippen LogP) is 0.189. The van der Waals surface area contributed by atoms with Gasteiger partial charge in [0.05, 0.1) is 7.11 Å². The highest BCUT2D eigenvalue weighted by atomic mass is 16.5. The quantitative estimate of drug-likeness (QED) is 0.657. The van der Waals surface area contributed by atoms with Crippen molar-refractivity contribution in [2.45, 2.75) is 0 Å². The van der Waals surface area contributed by atoms with Crippen LogP contribution in [0.15, 0.2) is 18.3 Å². The Labute approximate surface area is 64.0 Å². The normalized spacial score (nSPS) is 9.18. The molecule has 0 saturated carbocycles. The van der Waals surface area contributed by atoms with E-state index in [0.29, 0.717) is 5.75 Å². The first-order valence-electron chi connectivity index (χ1n) is 3.04. The molecule has 0 unspecified atom stereocenters. The Morgan fingerprint density at radius 2 is 2.45 bits per heavy atom. The Kier molecular flexibility index (Phi) is 2.06. The highest BCUT2D eigenvalue weighted by Gasteiger charge is 2.07. The number of carbonyl (C=O) groups is 1. The number of hydrogen-bond donors (Lipinski definition) is 1. The van der Waals surface area contributed by atoms with Gasteiger partial charge in [-0.25, -0.2) is 4.98 Å². The number of carbonyl (C=O) groups excluding carboxylic acids is 1. The lowest BCUT2D eigenvalue weighted by atomic mass is 10.3. The predicted molar refractivity (Wildman–Crippen MR) is 39.3 cm³/mol. The van der Waals surface area contributed by atoms with Crippen molar-refractivity contribution in [3.8, 4) is 5.75 Å². The number of ether oxygens (including phenoxy) is 1. The summed E-state index contributed by atoms with van der Waals surface area (Å²) in [6.45, 7) is 0. The van der Waals surface area contributed by atoms with E-state index in [-0.39, 0.29) is 5.69 Å². The van der Waals surface area contributed by atoms with Gasteiger partial charge < -0.3 is 10.5 Å². The van der Waals surface area contributed by atoms with Crippen LogP contribution in [0, 0.1) is 0 Å². The minimum Gasteiger partial charge on any atom is -0.494 e. The molecule has 11 heavy (non-hydrogen) atoms. The molecule has 0 aromatic carbocycles. The SMILES string of the molecule is COc1cccnc1C(N)=O. The van der Waals surface area contributed by atoms with Gasteiger partial charge in [-0.3, -0.25) is 4.79 Å². The van der Waals surface area contributed by atoms with Crippen LogP contribution in [0.25, 0.3) is 0 Å². The Morgan fingerprint density at radius 3 is 2.91 bits per heavy atom. The number of primary amides is 1. The molecule has 0 radical (unpaired) electrons. The Hall–Kier alpha value is -1.58. The van der Waals surface area contributed by atoms with E-state index in [0.717, 1.165) is 0 Å². The largest absolute Gasteiger partial charge is 0.494 e. The van der Waals surface area contributed by atoms with Crippen molar-refractivity contribution in [2.75, 3.05) is 7.11 Å². The summed E-state index contributed by atoms with van der Waals surface area (Å²) in [6, 6.07) is 3.30. The maximum atomic E-state index is 10.7. The zero-order valence-electron chi connectivity index (χ0n) is 6.07. The van der Waals surface area contributed by atoms with E-state index in [2.05, 4.69) is 4.98 Å². The van der Waals surface area contributed by atoms with Crippen molar-refractivity contribution in [3.63, 3.8) is 0 Å². The van der Waals surface area contributed by atoms with Crippen LogP contribution >= 0.6 is 0 Å². The lowest BCUT2D eigenvalue weighted by Crippen LogP contribution is -2.14. The number of rotatable bonds is 2. The van der Waals surface area contributed by atoms with Crippen molar-refractivity contribution < 1.29 is 9.53 Å². The molecule has 1 aromatic heterocycles. The number of aromatic nitrogens is 1. The van der Waals surface area contributed by atoms with Gasteiger partial charge in [-0.15, -0.1) is 0 Å². The van der Waals surface area contributed by atoms with Gasteiger partial charge in [-0.2, -0.15) is 0 Å². The van der Waals surface area contributed by atoms with Gasteiger partial charge in [0, 0.05) is 6.20 Å². The molecule has 2 N–H and O–H groups in total. The number of amides is 1. The van der Waals surface area contributed by atoms with Crippen LogP contribution in [0.1, 0.15) is 10.5 Å². The van der Waals surface area contributed by atoms with Crippen LogP contribution in [0.5, 0.6) is 5.75 Å². The summed E-state index contributed by atoms with van der Waals surface area (Å²) in [4.78, 5) is 14.4. The molecule has 0 fully saturated rings. The monoisotopic (exact) mass is 152 g/mol. The average Bonchev–Trinajstić information content (AvgIpc) is 2.04. The van der Waals surface area contributed by atoms with E-state index in [4.69, 9.17) is 10.5 Å². The van der Waals surface area contributed by atoms with Crippen LogP contribution in [-0.2, 0) is 0 Å². The first-order chi connectivity index (χ1) is 5.25. The molecule has 4 nitrogen and oxygen atoms in total. The summed E-state index contributed by atoms with van der Waals surface area (Å²) in [6.07, 6.45) is 1.49. The summed E-state index contributed by atoms with van der Waals surface area (Å²) in [5, 5.41) is 0. The zero-order chi connectivity index (χ0) is 8.27. The van der Waals surface area contributed by atoms with E-state index in [1.165, 1.54) is 13.3 Å². The molecule has 0 saturated heterocycles. The molecule has 0 aliphatic heterocycles. The molecule has 4 heteroatoms. The second kappa shape index (κ2) is 3.01. The van der Waals surface area contributed by atoms with Crippen molar-refractivity contribution in [2.24, 2.45) is 5.73 Å². The first kappa shape index (κ1) is 7.53. The van der Waals surface area contributed by atoms with E-state index >= 15 is 0 Å². The van der Waals surface area contributed by atoms with E-state index < -0.39 is 5.91 Å². The molecule has 0 spiro atoms. The first-order valence-corrected chi connectivity index (χ1v) is 3.04. The van der Waals surface area contributed by atoms with Gasteiger partial charge in [0.25, 0.3) is 5.91 Å². The molecule has 1 heterocycles. The molecule has 58 valence electrons. The smallest absolute Gasteiger partial charge is 0.271 e. The van der Waals surface area contributed by atoms with Crippen LogP contribution in [0.3, 0.4) is 0 Å². The molecule has 0 atom stereocenters. The molecule has 0 aliphatic carbocycles. The van der Waals surface area contributed by atoms with Crippen LogP contribution in [0.4, 0.5) is 0 Å². The van der Waals surface area contributed by atoms with Gasteiger partial charge in [0.2, 0.25) is 0 Å². The third-order valence-electron chi connectivity index (χ3n) is 1.22. The van der Waals surface area contributed by atoms with E-state index in [1.807, 2.05) is 0 Å². The fourth-order valence-corrected chi connectivity index (χ4v) is 0.740. The van der Waals surface area contributed by atoms with Crippen molar-refractivity contribution in [1.82, 2.24) is 4.98 Å². The van der Waals surface area contributed by atoms with E-state index in [9.17, 15) is 4.79 Å². The van der Waals surface area contributed by atoms with Gasteiger partial charge in [-0.05, 0) is 12.1 Å². The van der Waals surface area contributed by atoms with Crippen LogP contribution in [-0.4, -0.2) is 18.0 Å². The summed E-state index contributed by atoms with van der Waals surface area (Å²) in [5.74, 6) is -0.178. The Balaban J connectivity index is 3.12. The minimum atomic E-state index is -0.581. The lowest BCUT2D eigenvalue weighted by Gasteiger charge is -2.01. The summed E-state index contributed by atoms with van der Waals surface area (Å²) >= 11 is 0. The molecule has 1 amide bonds. The summed E-state index contributed by atoms with van der Waals surface area (Å²) < 4.78 is 4.84. The second-order valence-corrected chi connectivity index (χ2v) is 1.92. The third kappa shape index (κ3) is 1.46. The van der Waals surface area contributed by atoms with Gasteiger partial charge in [-0.1, -0.05) is 0 Å². The molecule has 1 aromatic rings. The maximum Gasteiger partial charge on any atom is 0.271 e. The zero-order valence-corrected chi connectivity index (χ0v) is 6.07. The van der Waals surface area contributed by atoms with Gasteiger partial charge >= 0.3 is 0 Å². The number of methoxy groups -OCH3 is 1. The number of nitrogens with zero attached hydrogens (tertiary/aromatic N) is 1. The highest BCUT2D eigenvalue weighted by Crippen LogP contribution is 2.12. The Bertz CT molecular complexity index is 273. The van der Waals surface area contributed by atoms with Crippen molar-refractivity contribution in [1.29, 1.82) is 0 Å². The van der Waals surface area contributed by atoms with Crippen LogP contribution < -0.4 is 10.5 Å². The molecule has 1 rings (SSSR count). The Morgan fingerprint density at radius 1 is 1.73 bits per heavy atom. The lowest BCUT2D eigenvalue weighted by molar-refractivity contribution is 0.0992. The molecular formula is C7H8N2O2. The van der Waals surface area contributed by atoms with Gasteiger partial charge in [0.15, 0.2) is 5.69 Å². The fourth-order valence-electron chi connectivity index (χ4n) is 0.740. The second-order valence-electron chi connectivity index (χ2n) is 1.92. The number of nitrogens with two attached hydrogens (primary N) is 1. The topological polar surface area (TPSA) is 65.2 Å². The molecule has 0 bridgehead atoms. The fraction of sp³-hybridized carbons (Fsp3) is 0.143. The average molecular weight is 152 g/mol. The molecule has 0 aliphatic rings. The summed E-state index contributed by atoms with van der Waals surface area (Å²) in [7, 11) is 1.46. The standard InChI is InChI=1S/C7H8N2O2/c1-11-5-3-2-4-9-6(5)7(8)10/h2-4H,1H3,(H2,8,10). The van der Waals surface area contributed by atoms with E-state index in [1.54, 1.807) is 12.1 Å². The summed E-state index contributed by atoms with van der Waals surface area (Å²) in [5.41, 5.74) is 5.17. The van der Waals surface area contributed by atoms with Crippen molar-refractivity contribution >= 4 is 5.91 Å². The van der Waals surface area contributed by atoms with Crippen LogP contribution in [0.2, 0.25) is 0 Å². The number of pyridine rings is 1. The highest BCUT2D eigenvalue weighted by molar-refractivity contribution is 5.93.